The van der Waals surface area contributed by atoms with Gasteiger partial charge in [-0.3, -0.25) is 5.32 Å². The predicted molar refractivity (Wildman–Crippen MR) is 86.1 cm³/mol. The molecule has 23 heavy (non-hydrogen) atoms. The first kappa shape index (κ1) is 17.0. The van der Waals surface area contributed by atoms with E-state index in [2.05, 4.69) is 15.7 Å². The lowest BCUT2D eigenvalue weighted by Crippen LogP contribution is -2.32. The minimum atomic E-state index is -0.349. The van der Waals surface area contributed by atoms with Gasteiger partial charge < -0.3 is 10.4 Å². The number of benzene rings is 1. The van der Waals surface area contributed by atoms with Crippen LogP contribution < -0.4 is 10.6 Å². The Hall–Kier alpha value is -2.41. The molecule has 0 fully saturated rings. The molecule has 0 aliphatic rings. The highest BCUT2D eigenvalue weighted by Gasteiger charge is 2.10. The topological polar surface area (TPSA) is 79.2 Å². The van der Waals surface area contributed by atoms with Gasteiger partial charge in [0.2, 0.25) is 0 Å². The fraction of sp³-hybridized carbons (Fsp3) is 0.375. The van der Waals surface area contributed by atoms with Gasteiger partial charge in [-0.25, -0.2) is 13.9 Å². The van der Waals surface area contributed by atoms with Crippen LogP contribution in [0.25, 0.3) is 5.69 Å². The molecule has 0 bridgehead atoms. The molecule has 1 unspecified atom stereocenters. The van der Waals surface area contributed by atoms with Gasteiger partial charge in [-0.2, -0.15) is 0 Å². The van der Waals surface area contributed by atoms with Crippen molar-refractivity contribution in [1.82, 2.24) is 15.1 Å². The second-order valence-corrected chi connectivity index (χ2v) is 5.51. The van der Waals surface area contributed by atoms with Crippen LogP contribution in [0.1, 0.15) is 19.0 Å². The third-order valence-corrected chi connectivity index (χ3v) is 3.43. The molecule has 0 radical (unpaired) electrons. The van der Waals surface area contributed by atoms with Gasteiger partial charge in [-0.05, 0) is 43.5 Å². The molecule has 2 rings (SSSR count). The molecule has 0 aliphatic heterocycles. The van der Waals surface area contributed by atoms with E-state index in [0.29, 0.717) is 24.5 Å². The fourth-order valence-electron chi connectivity index (χ4n) is 2.13. The van der Waals surface area contributed by atoms with Crippen molar-refractivity contribution in [2.45, 2.75) is 20.3 Å². The number of aromatic nitrogens is 2. The number of aryl methyl sites for hydroxylation is 1. The minimum absolute atomic E-state index is 0.103. The van der Waals surface area contributed by atoms with Crippen molar-refractivity contribution in [2.75, 3.05) is 18.5 Å². The summed E-state index contributed by atoms with van der Waals surface area (Å²) in [6.45, 7) is 4.38. The van der Waals surface area contributed by atoms with Crippen LogP contribution in [0.2, 0.25) is 0 Å². The van der Waals surface area contributed by atoms with E-state index in [9.17, 15) is 9.18 Å². The van der Waals surface area contributed by atoms with E-state index in [1.165, 1.54) is 12.1 Å². The van der Waals surface area contributed by atoms with Gasteiger partial charge in [0.1, 0.15) is 5.82 Å². The second kappa shape index (κ2) is 7.73. The summed E-state index contributed by atoms with van der Waals surface area (Å²) in [5.41, 5.74) is 1.54. The number of halogens is 1. The first-order valence-electron chi connectivity index (χ1n) is 7.48. The summed E-state index contributed by atoms with van der Waals surface area (Å²) < 4.78 is 14.6. The third kappa shape index (κ3) is 4.79. The van der Waals surface area contributed by atoms with Crippen molar-refractivity contribution < 1.29 is 14.3 Å². The summed E-state index contributed by atoms with van der Waals surface area (Å²) in [5, 5.41) is 18.5. The molecule has 2 amide bonds. The molecule has 6 nitrogen and oxygen atoms in total. The van der Waals surface area contributed by atoms with E-state index in [1.54, 1.807) is 22.9 Å². The maximum Gasteiger partial charge on any atom is 0.320 e. The number of carbonyl (C=O) groups is 1. The highest BCUT2D eigenvalue weighted by atomic mass is 19.1. The standard InChI is InChI=1S/C16H21FN4O2/c1-11(7-8-22)10-18-16(23)19-15-9-12(2)21(20-15)14-5-3-13(17)4-6-14/h3-6,9,11,22H,7-8,10H2,1-2H3,(H2,18,19,20,23). The zero-order chi connectivity index (χ0) is 16.8. The van der Waals surface area contributed by atoms with Crippen LogP contribution >= 0.6 is 0 Å². The van der Waals surface area contributed by atoms with Crippen molar-refractivity contribution in [1.29, 1.82) is 0 Å². The second-order valence-electron chi connectivity index (χ2n) is 5.51. The molecule has 124 valence electrons. The smallest absolute Gasteiger partial charge is 0.320 e. The van der Waals surface area contributed by atoms with Gasteiger partial charge in [-0.15, -0.1) is 5.10 Å². The minimum Gasteiger partial charge on any atom is -0.396 e. The summed E-state index contributed by atoms with van der Waals surface area (Å²) in [6.07, 6.45) is 0.637. The Bertz CT molecular complexity index is 655. The maximum atomic E-state index is 13.0. The number of aliphatic hydroxyl groups is 1. The third-order valence-electron chi connectivity index (χ3n) is 3.43. The number of anilines is 1. The van der Waals surface area contributed by atoms with Gasteiger partial charge in [0.15, 0.2) is 5.82 Å². The van der Waals surface area contributed by atoms with Crippen LogP contribution in [-0.4, -0.2) is 34.1 Å². The Morgan fingerprint density at radius 3 is 2.74 bits per heavy atom. The lowest BCUT2D eigenvalue weighted by atomic mass is 10.1. The lowest BCUT2D eigenvalue weighted by molar-refractivity contribution is 0.243. The largest absolute Gasteiger partial charge is 0.396 e. The number of nitrogens with zero attached hydrogens (tertiary/aromatic N) is 2. The van der Waals surface area contributed by atoms with Gasteiger partial charge >= 0.3 is 6.03 Å². The molecule has 1 atom stereocenters. The SMILES string of the molecule is Cc1cc(NC(=O)NCC(C)CCO)nn1-c1ccc(F)cc1. The van der Waals surface area contributed by atoms with Gasteiger partial charge in [0.05, 0.1) is 5.69 Å². The van der Waals surface area contributed by atoms with Crippen LogP contribution in [0.3, 0.4) is 0 Å². The number of rotatable bonds is 6. The molecule has 0 spiro atoms. The van der Waals surface area contributed by atoms with Crippen molar-refractivity contribution in [3.63, 3.8) is 0 Å². The Labute approximate surface area is 134 Å². The van der Waals surface area contributed by atoms with E-state index in [-0.39, 0.29) is 24.4 Å². The van der Waals surface area contributed by atoms with E-state index in [4.69, 9.17) is 5.11 Å². The molecule has 1 heterocycles. The number of urea groups is 1. The average molecular weight is 320 g/mol. The summed E-state index contributed by atoms with van der Waals surface area (Å²) in [6, 6.07) is 7.35. The molecule has 7 heteroatoms. The summed E-state index contributed by atoms with van der Waals surface area (Å²) >= 11 is 0. The van der Waals surface area contributed by atoms with E-state index in [0.717, 1.165) is 5.69 Å². The number of aliphatic hydroxyl groups excluding tert-OH is 1. The highest BCUT2D eigenvalue weighted by molar-refractivity contribution is 5.88. The Morgan fingerprint density at radius 1 is 1.39 bits per heavy atom. The molecule has 0 saturated heterocycles. The number of hydrogen-bond donors (Lipinski definition) is 3. The summed E-state index contributed by atoms with van der Waals surface area (Å²) in [4.78, 5) is 11.8. The van der Waals surface area contributed by atoms with Gasteiger partial charge in [0.25, 0.3) is 0 Å². The monoisotopic (exact) mass is 320 g/mol. The van der Waals surface area contributed by atoms with Crippen LogP contribution in [0.4, 0.5) is 15.0 Å². The molecule has 1 aromatic carbocycles. The van der Waals surface area contributed by atoms with Crippen molar-refractivity contribution >= 4 is 11.8 Å². The first-order valence-corrected chi connectivity index (χ1v) is 7.48. The van der Waals surface area contributed by atoms with Crippen LogP contribution in [0, 0.1) is 18.7 Å². The fourth-order valence-corrected chi connectivity index (χ4v) is 2.13. The average Bonchev–Trinajstić information content (AvgIpc) is 2.87. The highest BCUT2D eigenvalue weighted by Crippen LogP contribution is 2.15. The molecular weight excluding hydrogens is 299 g/mol. The normalized spacial score (nSPS) is 12.0. The van der Waals surface area contributed by atoms with Crippen molar-refractivity contribution in [3.05, 3.63) is 41.8 Å². The van der Waals surface area contributed by atoms with Crippen LogP contribution in [0.5, 0.6) is 0 Å². The van der Waals surface area contributed by atoms with Gasteiger partial charge in [0, 0.05) is 24.9 Å². The quantitative estimate of drug-likeness (QED) is 0.765. The number of nitrogens with one attached hydrogen (secondary N) is 2. The van der Waals surface area contributed by atoms with Gasteiger partial charge in [-0.1, -0.05) is 6.92 Å². The maximum absolute atomic E-state index is 13.0. The number of amides is 2. The Balaban J connectivity index is 1.98. The molecule has 0 aliphatic carbocycles. The van der Waals surface area contributed by atoms with E-state index < -0.39 is 0 Å². The number of hydrogen-bond acceptors (Lipinski definition) is 3. The molecule has 2 aromatic rings. The predicted octanol–water partition coefficient (Wildman–Crippen LogP) is 2.46. The van der Waals surface area contributed by atoms with E-state index >= 15 is 0 Å². The van der Waals surface area contributed by atoms with Crippen LogP contribution in [-0.2, 0) is 0 Å². The van der Waals surface area contributed by atoms with Crippen molar-refractivity contribution in [2.24, 2.45) is 5.92 Å². The first-order chi connectivity index (χ1) is 11.0. The summed E-state index contributed by atoms with van der Waals surface area (Å²) in [7, 11) is 0. The molecule has 1 aromatic heterocycles. The molecule has 0 saturated carbocycles. The zero-order valence-corrected chi connectivity index (χ0v) is 13.2. The Morgan fingerprint density at radius 2 is 2.09 bits per heavy atom. The lowest BCUT2D eigenvalue weighted by Gasteiger charge is -2.11. The summed E-state index contributed by atoms with van der Waals surface area (Å²) in [5.74, 6) is 0.302. The van der Waals surface area contributed by atoms with Crippen LogP contribution in [0.15, 0.2) is 30.3 Å². The van der Waals surface area contributed by atoms with E-state index in [1.807, 2.05) is 13.8 Å². The number of carbonyl (C=O) groups excluding carboxylic acids is 1. The zero-order valence-electron chi connectivity index (χ0n) is 13.2. The Kier molecular flexibility index (Phi) is 5.70. The molecule has 3 N–H and O–H groups in total. The molecular formula is C16H21FN4O2. The van der Waals surface area contributed by atoms with Crippen molar-refractivity contribution in [3.8, 4) is 5.69 Å².